The zero-order valence-electron chi connectivity index (χ0n) is 13.3. The summed E-state index contributed by atoms with van der Waals surface area (Å²) in [5.41, 5.74) is 3.17. The van der Waals surface area contributed by atoms with Crippen LogP contribution in [0.15, 0.2) is 78.9 Å². The van der Waals surface area contributed by atoms with Crippen molar-refractivity contribution in [3.63, 3.8) is 0 Å². The van der Waals surface area contributed by atoms with E-state index in [9.17, 15) is 0 Å². The van der Waals surface area contributed by atoms with E-state index < -0.39 is 0 Å². The molecule has 0 N–H and O–H groups in total. The number of rotatable bonds is 3. The van der Waals surface area contributed by atoms with Gasteiger partial charge >= 0.3 is 0 Å². The summed E-state index contributed by atoms with van der Waals surface area (Å²) >= 11 is 0. The highest BCUT2D eigenvalue weighted by molar-refractivity contribution is 5.68. The van der Waals surface area contributed by atoms with E-state index in [1.54, 1.807) is 0 Å². The first-order valence-electron chi connectivity index (χ1n) is 8.13. The van der Waals surface area contributed by atoms with Gasteiger partial charge in [0, 0.05) is 11.1 Å². The highest BCUT2D eigenvalue weighted by Crippen LogP contribution is 2.25. The monoisotopic (exact) mass is 311 g/mol. The van der Waals surface area contributed by atoms with Gasteiger partial charge in [-0.05, 0) is 18.4 Å². The fourth-order valence-electron chi connectivity index (χ4n) is 2.74. The number of hydrogen-bond donors (Lipinski definition) is 0. The average Bonchev–Trinajstić information content (AvgIpc) is 2.70. The molecule has 0 spiro atoms. The van der Waals surface area contributed by atoms with Gasteiger partial charge in [0.2, 0.25) is 0 Å². The lowest BCUT2D eigenvalue weighted by Crippen LogP contribution is -2.03. The summed E-state index contributed by atoms with van der Waals surface area (Å²) in [5, 5.41) is 0. The van der Waals surface area contributed by atoms with E-state index in [2.05, 4.69) is 18.2 Å². The van der Waals surface area contributed by atoms with Crippen LogP contribution in [0, 0.1) is 0 Å². The molecule has 24 heavy (non-hydrogen) atoms. The Labute approximate surface area is 141 Å². The maximum atomic E-state index is 4.73. The second-order valence-electron chi connectivity index (χ2n) is 5.70. The first-order valence-corrected chi connectivity index (χ1v) is 8.13. The number of benzene rings is 2. The van der Waals surface area contributed by atoms with E-state index in [0.29, 0.717) is 0 Å². The minimum Gasteiger partial charge on any atom is -0.209 e. The molecule has 0 unspecified atom stereocenters. The van der Waals surface area contributed by atoms with E-state index in [-0.39, 0.29) is 0 Å². The molecule has 116 valence electrons. The van der Waals surface area contributed by atoms with Gasteiger partial charge in [-0.3, -0.25) is 0 Å². The molecule has 3 nitrogen and oxygen atoms in total. The number of hydrogen-bond acceptors (Lipinski definition) is 3. The standard InChI is InChI=1S/C21H17N3/c1-4-10-16(11-5-1)19-22-20(17-12-6-2-7-13-17)24-21(23-19)18-14-8-3-9-15-18/h1-8,10-14H,9,15H2. The zero-order chi connectivity index (χ0) is 16.2. The molecule has 1 aliphatic carbocycles. The van der Waals surface area contributed by atoms with Crippen molar-refractivity contribution in [1.82, 2.24) is 15.0 Å². The molecule has 1 aliphatic rings. The lowest BCUT2D eigenvalue weighted by molar-refractivity contribution is 0.978. The lowest BCUT2D eigenvalue weighted by Gasteiger charge is -2.11. The molecule has 3 heteroatoms. The number of allylic oxidation sites excluding steroid dienone is 4. The third kappa shape index (κ3) is 3.01. The van der Waals surface area contributed by atoms with Crippen molar-refractivity contribution < 1.29 is 0 Å². The molecule has 4 rings (SSSR count). The van der Waals surface area contributed by atoms with Gasteiger partial charge in [-0.1, -0.05) is 78.9 Å². The Morgan fingerprint density at radius 1 is 0.625 bits per heavy atom. The van der Waals surface area contributed by atoms with Crippen molar-refractivity contribution in [3.05, 3.63) is 84.7 Å². The van der Waals surface area contributed by atoms with Crippen molar-refractivity contribution in [2.75, 3.05) is 0 Å². The van der Waals surface area contributed by atoms with Crippen LogP contribution in [0.25, 0.3) is 28.3 Å². The number of nitrogens with zero attached hydrogens (tertiary/aromatic N) is 3. The van der Waals surface area contributed by atoms with Crippen LogP contribution in [0.2, 0.25) is 0 Å². The zero-order valence-corrected chi connectivity index (χ0v) is 13.3. The fourth-order valence-corrected chi connectivity index (χ4v) is 2.74. The second-order valence-corrected chi connectivity index (χ2v) is 5.70. The summed E-state index contributed by atoms with van der Waals surface area (Å²) in [6.45, 7) is 0. The van der Waals surface area contributed by atoms with E-state index >= 15 is 0 Å². The van der Waals surface area contributed by atoms with Crippen LogP contribution in [-0.2, 0) is 0 Å². The summed E-state index contributed by atoms with van der Waals surface area (Å²) < 4.78 is 0. The Morgan fingerprint density at radius 2 is 1.17 bits per heavy atom. The lowest BCUT2D eigenvalue weighted by atomic mass is 10.0. The maximum absolute atomic E-state index is 4.73. The van der Waals surface area contributed by atoms with Crippen molar-refractivity contribution in [2.45, 2.75) is 12.8 Å². The Balaban J connectivity index is 1.88. The van der Waals surface area contributed by atoms with Crippen LogP contribution in [-0.4, -0.2) is 15.0 Å². The Kier molecular flexibility index (Phi) is 3.98. The Bertz CT molecular complexity index is 839. The van der Waals surface area contributed by atoms with Crippen LogP contribution in [0.5, 0.6) is 0 Å². The van der Waals surface area contributed by atoms with Crippen LogP contribution < -0.4 is 0 Å². The van der Waals surface area contributed by atoms with Crippen molar-refractivity contribution in [1.29, 1.82) is 0 Å². The van der Waals surface area contributed by atoms with Gasteiger partial charge in [0.25, 0.3) is 0 Å². The molecule has 0 saturated carbocycles. The highest BCUT2D eigenvalue weighted by Gasteiger charge is 2.13. The van der Waals surface area contributed by atoms with Crippen molar-refractivity contribution >= 4 is 5.57 Å². The largest absolute Gasteiger partial charge is 0.209 e. The third-order valence-corrected chi connectivity index (χ3v) is 4.00. The third-order valence-electron chi connectivity index (χ3n) is 4.00. The molecule has 0 saturated heterocycles. The summed E-state index contributed by atoms with van der Waals surface area (Å²) in [6, 6.07) is 20.1. The van der Waals surface area contributed by atoms with Gasteiger partial charge in [0.15, 0.2) is 17.5 Å². The number of aromatic nitrogens is 3. The minimum atomic E-state index is 0.718. The molecule has 0 aliphatic heterocycles. The quantitative estimate of drug-likeness (QED) is 0.687. The molecule has 0 fully saturated rings. The summed E-state index contributed by atoms with van der Waals surface area (Å²) in [5.74, 6) is 2.21. The molecule has 3 aromatic rings. The van der Waals surface area contributed by atoms with Gasteiger partial charge in [0.1, 0.15) is 0 Å². The minimum absolute atomic E-state index is 0.718. The summed E-state index contributed by atoms with van der Waals surface area (Å²) in [7, 11) is 0. The molecule has 2 aromatic carbocycles. The molecule has 1 aromatic heterocycles. The van der Waals surface area contributed by atoms with Crippen LogP contribution in [0.3, 0.4) is 0 Å². The van der Waals surface area contributed by atoms with E-state index in [1.165, 1.54) is 0 Å². The fraction of sp³-hybridized carbons (Fsp3) is 0.0952. The normalized spacial score (nSPS) is 13.6. The molecular formula is C21H17N3. The molecule has 0 bridgehead atoms. The molecule has 1 heterocycles. The van der Waals surface area contributed by atoms with Crippen molar-refractivity contribution in [2.24, 2.45) is 0 Å². The SMILES string of the molecule is C1=CCCC(c2nc(-c3ccccc3)nc(-c3ccccc3)n2)=C1. The Hall–Kier alpha value is -3.07. The van der Waals surface area contributed by atoms with Gasteiger partial charge in [0.05, 0.1) is 0 Å². The first kappa shape index (κ1) is 14.5. The van der Waals surface area contributed by atoms with Crippen LogP contribution in [0.4, 0.5) is 0 Å². The van der Waals surface area contributed by atoms with E-state index in [1.807, 2.05) is 60.7 Å². The summed E-state index contributed by atoms with van der Waals surface area (Å²) in [6.07, 6.45) is 8.33. The Morgan fingerprint density at radius 3 is 1.67 bits per heavy atom. The van der Waals surface area contributed by atoms with Gasteiger partial charge < -0.3 is 0 Å². The molecule has 0 atom stereocenters. The van der Waals surface area contributed by atoms with Gasteiger partial charge in [-0.2, -0.15) is 0 Å². The predicted octanol–water partition coefficient (Wildman–Crippen LogP) is 4.94. The molecular weight excluding hydrogens is 294 g/mol. The summed E-state index contributed by atoms with van der Waals surface area (Å²) in [4.78, 5) is 14.2. The van der Waals surface area contributed by atoms with Gasteiger partial charge in [-0.25, -0.2) is 15.0 Å². The second kappa shape index (κ2) is 6.59. The maximum Gasteiger partial charge on any atom is 0.164 e. The van der Waals surface area contributed by atoms with Crippen molar-refractivity contribution in [3.8, 4) is 22.8 Å². The van der Waals surface area contributed by atoms with Gasteiger partial charge in [-0.15, -0.1) is 0 Å². The predicted molar refractivity (Wildman–Crippen MR) is 97.1 cm³/mol. The van der Waals surface area contributed by atoms with Crippen LogP contribution in [0.1, 0.15) is 18.7 Å². The van der Waals surface area contributed by atoms with E-state index in [0.717, 1.165) is 47.0 Å². The average molecular weight is 311 g/mol. The van der Waals surface area contributed by atoms with Crippen LogP contribution >= 0.6 is 0 Å². The highest BCUT2D eigenvalue weighted by atomic mass is 15.0. The molecule has 0 radical (unpaired) electrons. The first-order chi connectivity index (χ1) is 11.9. The smallest absolute Gasteiger partial charge is 0.164 e. The van der Waals surface area contributed by atoms with E-state index in [4.69, 9.17) is 15.0 Å². The molecule has 0 amide bonds. The topological polar surface area (TPSA) is 38.7 Å².